The molecule has 0 amide bonds. The predicted octanol–water partition coefficient (Wildman–Crippen LogP) is 3.86. The van der Waals surface area contributed by atoms with Gasteiger partial charge in [-0.15, -0.1) is 0 Å². The van der Waals surface area contributed by atoms with Crippen molar-refractivity contribution in [2.24, 2.45) is 5.92 Å². The Balaban J connectivity index is 2.14. The van der Waals surface area contributed by atoms with Gasteiger partial charge in [0, 0.05) is 36.7 Å². The van der Waals surface area contributed by atoms with E-state index in [2.05, 4.69) is 56.1 Å². The molecule has 0 bridgehead atoms. The Morgan fingerprint density at radius 2 is 2.15 bits per heavy atom. The standard InChI is InChI=1S/C17H27ClN2/c1-5-15-11-20(17(9-19-15)12(2)3)10-14-7-6-13(4)8-16(14)18/h6-8,12,15,17,19H,5,9-11H2,1-4H3. The van der Waals surface area contributed by atoms with Crippen molar-refractivity contribution in [1.82, 2.24) is 10.2 Å². The molecular formula is C17H27ClN2. The molecule has 1 heterocycles. The third kappa shape index (κ3) is 3.75. The molecule has 0 saturated carbocycles. The van der Waals surface area contributed by atoms with Gasteiger partial charge in [0.1, 0.15) is 0 Å². The average molecular weight is 295 g/mol. The van der Waals surface area contributed by atoms with Crippen LogP contribution < -0.4 is 5.32 Å². The molecule has 0 spiro atoms. The Morgan fingerprint density at radius 3 is 2.75 bits per heavy atom. The highest BCUT2D eigenvalue weighted by Gasteiger charge is 2.29. The number of nitrogens with zero attached hydrogens (tertiary/aromatic N) is 1. The first-order valence-electron chi connectivity index (χ1n) is 7.73. The number of halogens is 1. The van der Waals surface area contributed by atoms with Crippen LogP contribution in [-0.4, -0.2) is 30.1 Å². The zero-order chi connectivity index (χ0) is 14.7. The van der Waals surface area contributed by atoms with Crippen LogP contribution in [0.1, 0.15) is 38.3 Å². The molecule has 112 valence electrons. The van der Waals surface area contributed by atoms with Crippen molar-refractivity contribution in [3.8, 4) is 0 Å². The first-order valence-corrected chi connectivity index (χ1v) is 8.11. The fourth-order valence-corrected chi connectivity index (χ4v) is 3.31. The van der Waals surface area contributed by atoms with Gasteiger partial charge in [-0.2, -0.15) is 0 Å². The van der Waals surface area contributed by atoms with Crippen LogP contribution in [0.4, 0.5) is 0 Å². The van der Waals surface area contributed by atoms with E-state index in [9.17, 15) is 0 Å². The molecule has 0 aromatic heterocycles. The Labute approximate surface area is 128 Å². The lowest BCUT2D eigenvalue weighted by molar-refractivity contribution is 0.0900. The summed E-state index contributed by atoms with van der Waals surface area (Å²) in [4.78, 5) is 2.60. The second kappa shape index (κ2) is 6.93. The van der Waals surface area contributed by atoms with Crippen molar-refractivity contribution in [2.75, 3.05) is 13.1 Å². The van der Waals surface area contributed by atoms with E-state index in [1.165, 1.54) is 17.5 Å². The quantitative estimate of drug-likeness (QED) is 0.907. The fourth-order valence-electron chi connectivity index (χ4n) is 3.01. The normalized spacial score (nSPS) is 24.3. The molecule has 2 rings (SSSR count). The van der Waals surface area contributed by atoms with Crippen LogP contribution in [0, 0.1) is 12.8 Å². The van der Waals surface area contributed by atoms with Crippen LogP contribution in [0.15, 0.2) is 18.2 Å². The van der Waals surface area contributed by atoms with Gasteiger partial charge in [-0.25, -0.2) is 0 Å². The molecule has 1 aromatic carbocycles. The maximum absolute atomic E-state index is 6.40. The van der Waals surface area contributed by atoms with Crippen molar-refractivity contribution in [2.45, 2.75) is 52.7 Å². The molecule has 1 fully saturated rings. The van der Waals surface area contributed by atoms with Crippen molar-refractivity contribution in [3.63, 3.8) is 0 Å². The molecule has 1 aromatic rings. The van der Waals surface area contributed by atoms with E-state index in [1.54, 1.807) is 0 Å². The summed E-state index contributed by atoms with van der Waals surface area (Å²) in [5, 5.41) is 4.57. The summed E-state index contributed by atoms with van der Waals surface area (Å²) >= 11 is 6.40. The first-order chi connectivity index (χ1) is 9.51. The summed E-state index contributed by atoms with van der Waals surface area (Å²) in [6, 6.07) is 7.61. The topological polar surface area (TPSA) is 15.3 Å². The van der Waals surface area contributed by atoms with Crippen LogP contribution in [-0.2, 0) is 6.54 Å². The van der Waals surface area contributed by atoms with Gasteiger partial charge in [-0.1, -0.05) is 44.5 Å². The highest BCUT2D eigenvalue weighted by molar-refractivity contribution is 6.31. The minimum atomic E-state index is 0.593. The molecule has 0 aliphatic carbocycles. The zero-order valence-electron chi connectivity index (χ0n) is 13.1. The molecular weight excluding hydrogens is 268 g/mol. The van der Waals surface area contributed by atoms with Crippen molar-refractivity contribution >= 4 is 11.6 Å². The van der Waals surface area contributed by atoms with Gasteiger partial charge in [0.25, 0.3) is 0 Å². The molecule has 2 nitrogen and oxygen atoms in total. The number of hydrogen-bond donors (Lipinski definition) is 1. The summed E-state index contributed by atoms with van der Waals surface area (Å²) in [5.74, 6) is 0.657. The van der Waals surface area contributed by atoms with E-state index in [1.807, 2.05) is 0 Å². The van der Waals surface area contributed by atoms with E-state index in [-0.39, 0.29) is 0 Å². The van der Waals surface area contributed by atoms with Gasteiger partial charge < -0.3 is 5.32 Å². The van der Waals surface area contributed by atoms with Gasteiger partial charge in [0.05, 0.1) is 0 Å². The van der Waals surface area contributed by atoms with Crippen LogP contribution in [0.3, 0.4) is 0 Å². The van der Waals surface area contributed by atoms with Gasteiger partial charge >= 0.3 is 0 Å². The summed E-state index contributed by atoms with van der Waals surface area (Å²) in [6.07, 6.45) is 1.18. The van der Waals surface area contributed by atoms with Crippen LogP contribution in [0.5, 0.6) is 0 Å². The second-order valence-electron chi connectivity index (χ2n) is 6.35. The maximum atomic E-state index is 6.40. The first kappa shape index (κ1) is 15.8. The van der Waals surface area contributed by atoms with Crippen molar-refractivity contribution in [3.05, 3.63) is 34.3 Å². The molecule has 1 aliphatic rings. The lowest BCUT2D eigenvalue weighted by Gasteiger charge is -2.42. The summed E-state index contributed by atoms with van der Waals surface area (Å²) in [5.41, 5.74) is 2.48. The van der Waals surface area contributed by atoms with Crippen LogP contribution >= 0.6 is 11.6 Å². The minimum Gasteiger partial charge on any atom is -0.311 e. The zero-order valence-corrected chi connectivity index (χ0v) is 13.9. The Hall–Kier alpha value is -0.570. The Bertz CT molecular complexity index is 445. The molecule has 0 radical (unpaired) electrons. The lowest BCUT2D eigenvalue weighted by atomic mass is 9.97. The highest BCUT2D eigenvalue weighted by atomic mass is 35.5. The molecule has 2 unspecified atom stereocenters. The summed E-state index contributed by atoms with van der Waals surface area (Å²) in [6.45, 7) is 12.1. The average Bonchev–Trinajstić information content (AvgIpc) is 2.41. The van der Waals surface area contributed by atoms with Gasteiger partial charge in [0.15, 0.2) is 0 Å². The smallest absolute Gasteiger partial charge is 0.0453 e. The fraction of sp³-hybridized carbons (Fsp3) is 0.647. The van der Waals surface area contributed by atoms with Crippen LogP contribution in [0.25, 0.3) is 0 Å². The number of piperazine rings is 1. The molecule has 2 atom stereocenters. The summed E-state index contributed by atoms with van der Waals surface area (Å²) in [7, 11) is 0. The van der Waals surface area contributed by atoms with Gasteiger partial charge in [-0.05, 0) is 36.5 Å². The third-order valence-electron chi connectivity index (χ3n) is 4.38. The predicted molar refractivity (Wildman–Crippen MR) is 87.3 cm³/mol. The Kier molecular flexibility index (Phi) is 5.48. The van der Waals surface area contributed by atoms with E-state index >= 15 is 0 Å². The number of hydrogen-bond acceptors (Lipinski definition) is 2. The molecule has 1 aliphatic heterocycles. The molecule has 1 saturated heterocycles. The minimum absolute atomic E-state index is 0.593. The van der Waals surface area contributed by atoms with E-state index in [0.717, 1.165) is 24.7 Å². The number of nitrogens with one attached hydrogen (secondary N) is 1. The third-order valence-corrected chi connectivity index (χ3v) is 4.74. The Morgan fingerprint density at radius 1 is 1.40 bits per heavy atom. The van der Waals surface area contributed by atoms with E-state index in [4.69, 9.17) is 11.6 Å². The van der Waals surface area contributed by atoms with Gasteiger partial charge in [0.2, 0.25) is 0 Å². The molecule has 1 N–H and O–H groups in total. The van der Waals surface area contributed by atoms with Crippen molar-refractivity contribution in [1.29, 1.82) is 0 Å². The SMILES string of the molecule is CCC1CN(Cc2ccc(C)cc2Cl)C(C(C)C)CN1. The maximum Gasteiger partial charge on any atom is 0.0453 e. The number of benzene rings is 1. The number of rotatable bonds is 4. The molecule has 3 heteroatoms. The second-order valence-corrected chi connectivity index (χ2v) is 6.76. The monoisotopic (exact) mass is 294 g/mol. The summed E-state index contributed by atoms with van der Waals surface area (Å²) < 4.78 is 0. The number of aryl methyl sites for hydroxylation is 1. The van der Waals surface area contributed by atoms with Crippen molar-refractivity contribution < 1.29 is 0 Å². The molecule has 20 heavy (non-hydrogen) atoms. The van der Waals surface area contributed by atoms with Crippen LogP contribution in [0.2, 0.25) is 5.02 Å². The van der Waals surface area contributed by atoms with E-state index in [0.29, 0.717) is 18.0 Å². The lowest BCUT2D eigenvalue weighted by Crippen LogP contribution is -2.57. The van der Waals surface area contributed by atoms with Gasteiger partial charge in [-0.3, -0.25) is 4.90 Å². The van der Waals surface area contributed by atoms with E-state index < -0.39 is 0 Å². The largest absolute Gasteiger partial charge is 0.311 e. The highest BCUT2D eigenvalue weighted by Crippen LogP contribution is 2.24.